The number of hydrogen-bond donors (Lipinski definition) is 1. The third kappa shape index (κ3) is 5.12. The molecule has 0 spiro atoms. The van der Waals surface area contributed by atoms with Gasteiger partial charge in [0.25, 0.3) is 5.91 Å². The largest absolute Gasteiger partial charge is 0.449 e. The number of amides is 1. The summed E-state index contributed by atoms with van der Waals surface area (Å²) < 4.78 is 36.3. The molecule has 25 heavy (non-hydrogen) atoms. The zero-order valence-corrected chi connectivity index (χ0v) is 14.6. The second-order valence-corrected chi connectivity index (χ2v) is 7.34. The van der Waals surface area contributed by atoms with E-state index in [0.717, 1.165) is 6.08 Å². The van der Waals surface area contributed by atoms with Crippen LogP contribution in [0.4, 0.5) is 0 Å². The highest BCUT2D eigenvalue weighted by Gasteiger charge is 2.25. The van der Waals surface area contributed by atoms with Crippen LogP contribution < -0.4 is 5.73 Å². The third-order valence-electron chi connectivity index (χ3n) is 3.59. The zero-order valence-electron chi connectivity index (χ0n) is 13.8. The number of morpholine rings is 1. The number of carbonyl (C=O) groups excluding carboxylic acids is 2. The van der Waals surface area contributed by atoms with E-state index in [4.69, 9.17) is 15.2 Å². The molecule has 136 valence electrons. The van der Waals surface area contributed by atoms with Crippen molar-refractivity contribution >= 4 is 28.0 Å². The average molecular weight is 368 g/mol. The Hall–Kier alpha value is -2.23. The van der Waals surface area contributed by atoms with Crippen LogP contribution in [0.2, 0.25) is 0 Å². The van der Waals surface area contributed by atoms with Gasteiger partial charge < -0.3 is 15.2 Å². The summed E-state index contributed by atoms with van der Waals surface area (Å²) in [6.45, 7) is 2.79. The van der Waals surface area contributed by atoms with Crippen LogP contribution in [-0.4, -0.2) is 57.0 Å². The van der Waals surface area contributed by atoms with Crippen molar-refractivity contribution in [2.75, 3.05) is 26.3 Å². The van der Waals surface area contributed by atoms with Crippen molar-refractivity contribution in [1.29, 1.82) is 0 Å². The van der Waals surface area contributed by atoms with Gasteiger partial charge in [0, 0.05) is 19.2 Å². The molecule has 1 amide bonds. The molecule has 1 saturated heterocycles. The topological polar surface area (TPSA) is 116 Å². The van der Waals surface area contributed by atoms with Crippen LogP contribution >= 0.6 is 0 Å². The molecule has 0 radical (unpaired) electrons. The average Bonchev–Trinajstić information content (AvgIpc) is 2.61. The molecule has 0 aliphatic carbocycles. The van der Waals surface area contributed by atoms with Crippen molar-refractivity contribution < 1.29 is 27.5 Å². The molecule has 1 aliphatic rings. The van der Waals surface area contributed by atoms with Crippen molar-refractivity contribution in [2.45, 2.75) is 17.9 Å². The summed E-state index contributed by atoms with van der Waals surface area (Å²) in [5.74, 6) is -1.45. The maximum Gasteiger partial charge on any atom is 0.331 e. The molecular formula is C16H20N2O6S. The highest BCUT2D eigenvalue weighted by molar-refractivity contribution is 7.89. The molecule has 0 aromatic heterocycles. The van der Waals surface area contributed by atoms with Crippen molar-refractivity contribution in [3.8, 4) is 0 Å². The van der Waals surface area contributed by atoms with Gasteiger partial charge in [0.1, 0.15) is 0 Å². The minimum atomic E-state index is -3.55. The van der Waals surface area contributed by atoms with Crippen molar-refractivity contribution in [1.82, 2.24) is 4.31 Å². The fraction of sp³-hybridized carbons (Fsp3) is 0.375. The molecule has 1 aliphatic heterocycles. The third-order valence-corrected chi connectivity index (χ3v) is 5.51. The number of esters is 1. The number of sulfonamides is 1. The molecule has 2 rings (SSSR count). The highest BCUT2D eigenvalue weighted by atomic mass is 32.2. The Balaban J connectivity index is 2.03. The smallest absolute Gasteiger partial charge is 0.331 e. The molecule has 0 bridgehead atoms. The summed E-state index contributed by atoms with van der Waals surface area (Å²) in [6, 6.07) is 6.10. The second-order valence-electron chi connectivity index (χ2n) is 5.40. The van der Waals surface area contributed by atoms with Gasteiger partial charge in [0.05, 0.1) is 18.1 Å². The van der Waals surface area contributed by atoms with Crippen LogP contribution in [0, 0.1) is 0 Å². The summed E-state index contributed by atoms with van der Waals surface area (Å²) in [6.07, 6.45) is 1.59. The minimum absolute atomic E-state index is 0.177. The normalized spacial score (nSPS) is 17.3. The SMILES string of the molecule is C[C@@H](OC(=O)/C=C\c1ccc(S(=O)(=O)N2CCOCC2)cc1)C(N)=O. The molecule has 2 N–H and O–H groups in total. The minimum Gasteiger partial charge on any atom is -0.449 e. The number of nitrogens with two attached hydrogens (primary N) is 1. The maximum atomic E-state index is 12.5. The summed E-state index contributed by atoms with van der Waals surface area (Å²) in [7, 11) is -3.55. The lowest BCUT2D eigenvalue weighted by Gasteiger charge is -2.26. The molecule has 1 aromatic carbocycles. The first kappa shape index (κ1) is 19.1. The lowest BCUT2D eigenvalue weighted by molar-refractivity contribution is -0.148. The summed E-state index contributed by atoms with van der Waals surface area (Å²) in [5, 5.41) is 0. The first-order valence-corrected chi connectivity index (χ1v) is 9.10. The predicted octanol–water partition coefficient (Wildman–Crippen LogP) is 0.138. The molecule has 8 nitrogen and oxygen atoms in total. The van der Waals surface area contributed by atoms with Crippen LogP contribution in [-0.2, 0) is 29.1 Å². The number of rotatable bonds is 6. The van der Waals surface area contributed by atoms with Crippen LogP contribution in [0.25, 0.3) is 6.08 Å². The van der Waals surface area contributed by atoms with Gasteiger partial charge >= 0.3 is 5.97 Å². The number of primary amides is 1. The van der Waals surface area contributed by atoms with Crippen molar-refractivity contribution in [3.05, 3.63) is 35.9 Å². The Morgan fingerprint density at radius 1 is 1.24 bits per heavy atom. The van der Waals surface area contributed by atoms with Crippen LogP contribution in [0.5, 0.6) is 0 Å². The molecule has 1 heterocycles. The Kier molecular flexibility index (Phi) is 6.29. The molecule has 1 aromatic rings. The van der Waals surface area contributed by atoms with E-state index in [1.165, 1.54) is 29.4 Å². The van der Waals surface area contributed by atoms with Gasteiger partial charge in [0.2, 0.25) is 10.0 Å². The van der Waals surface area contributed by atoms with Crippen molar-refractivity contribution in [2.24, 2.45) is 5.73 Å². The van der Waals surface area contributed by atoms with E-state index in [0.29, 0.717) is 31.9 Å². The number of hydrogen-bond acceptors (Lipinski definition) is 6. The number of nitrogens with zero attached hydrogens (tertiary/aromatic N) is 1. The molecular weight excluding hydrogens is 348 g/mol. The van der Waals surface area contributed by atoms with E-state index < -0.39 is 28.0 Å². The van der Waals surface area contributed by atoms with E-state index in [1.807, 2.05) is 0 Å². The first-order valence-electron chi connectivity index (χ1n) is 7.66. The van der Waals surface area contributed by atoms with E-state index in [1.54, 1.807) is 12.1 Å². The van der Waals surface area contributed by atoms with E-state index in [9.17, 15) is 18.0 Å². The van der Waals surface area contributed by atoms with Gasteiger partial charge in [-0.1, -0.05) is 12.1 Å². The van der Waals surface area contributed by atoms with Gasteiger partial charge in [0.15, 0.2) is 6.10 Å². The van der Waals surface area contributed by atoms with E-state index >= 15 is 0 Å². The fourth-order valence-corrected chi connectivity index (χ4v) is 3.53. The molecule has 0 unspecified atom stereocenters. The summed E-state index contributed by atoms with van der Waals surface area (Å²) in [5.41, 5.74) is 5.62. The first-order chi connectivity index (χ1) is 11.8. The van der Waals surface area contributed by atoms with Crippen LogP contribution in [0.3, 0.4) is 0 Å². The molecule has 0 saturated carbocycles. The Morgan fingerprint density at radius 3 is 2.40 bits per heavy atom. The lowest BCUT2D eigenvalue weighted by Crippen LogP contribution is -2.40. The quantitative estimate of drug-likeness (QED) is 0.564. The monoisotopic (exact) mass is 368 g/mol. The zero-order chi connectivity index (χ0) is 18.4. The number of benzene rings is 1. The standard InChI is InChI=1S/C16H20N2O6S/c1-12(16(17)20)24-15(19)7-4-13-2-5-14(6-3-13)25(21,22)18-8-10-23-11-9-18/h2-7,12H,8-11H2,1H3,(H2,17,20)/b7-4-/t12-/m1/s1. The van der Waals surface area contributed by atoms with Gasteiger partial charge in [-0.2, -0.15) is 4.31 Å². The Morgan fingerprint density at radius 2 is 1.84 bits per heavy atom. The number of ether oxygens (including phenoxy) is 2. The molecule has 1 fully saturated rings. The van der Waals surface area contributed by atoms with Crippen molar-refractivity contribution in [3.63, 3.8) is 0 Å². The Bertz CT molecular complexity index is 751. The van der Waals surface area contributed by atoms with Crippen LogP contribution in [0.15, 0.2) is 35.2 Å². The van der Waals surface area contributed by atoms with Gasteiger partial charge in [-0.3, -0.25) is 4.79 Å². The van der Waals surface area contributed by atoms with Gasteiger partial charge in [-0.15, -0.1) is 0 Å². The number of carbonyl (C=O) groups is 2. The fourth-order valence-electron chi connectivity index (χ4n) is 2.12. The highest BCUT2D eigenvalue weighted by Crippen LogP contribution is 2.18. The van der Waals surface area contributed by atoms with E-state index in [-0.39, 0.29) is 4.90 Å². The van der Waals surface area contributed by atoms with Gasteiger partial charge in [-0.05, 0) is 30.7 Å². The van der Waals surface area contributed by atoms with Crippen LogP contribution in [0.1, 0.15) is 12.5 Å². The molecule has 1 atom stereocenters. The predicted molar refractivity (Wildman–Crippen MR) is 89.8 cm³/mol. The summed E-state index contributed by atoms with van der Waals surface area (Å²) in [4.78, 5) is 22.5. The molecule has 9 heteroatoms. The summed E-state index contributed by atoms with van der Waals surface area (Å²) >= 11 is 0. The van der Waals surface area contributed by atoms with E-state index in [2.05, 4.69) is 0 Å². The lowest BCUT2D eigenvalue weighted by atomic mass is 10.2. The Labute approximate surface area is 146 Å². The van der Waals surface area contributed by atoms with Gasteiger partial charge in [-0.25, -0.2) is 13.2 Å². The maximum absolute atomic E-state index is 12.5. The second kappa shape index (κ2) is 8.24.